The Balaban J connectivity index is 2.87. The van der Waals surface area contributed by atoms with E-state index in [1.165, 1.54) is 0 Å². The van der Waals surface area contributed by atoms with E-state index in [0.717, 1.165) is 0 Å². The van der Waals surface area contributed by atoms with Crippen molar-refractivity contribution in [2.24, 2.45) is 0 Å². The summed E-state index contributed by atoms with van der Waals surface area (Å²) >= 11 is 3.95. The first-order valence-corrected chi connectivity index (χ1v) is 3.18. The van der Waals surface area contributed by atoms with Crippen LogP contribution in [-0.4, -0.2) is 11.9 Å². The molecule has 0 aromatic rings. The largest absolute Gasteiger partial charge is 0.486 e. The molecular weight excluding hydrogens is 136 g/mol. The summed E-state index contributed by atoms with van der Waals surface area (Å²) in [5.74, 6) is 0.617. The Kier molecular flexibility index (Phi) is 1.53. The number of ketones is 1. The molecule has 1 rings (SSSR count). The van der Waals surface area contributed by atoms with E-state index in [1.807, 2.05) is 0 Å². The standard InChI is InChI=1S/C6H8O2S/c1-3-5(7)6(9)4(2)8-3/h3,9H,1-2H3. The summed E-state index contributed by atoms with van der Waals surface area (Å²) in [6, 6.07) is 0. The van der Waals surface area contributed by atoms with Crippen molar-refractivity contribution in [1.82, 2.24) is 0 Å². The van der Waals surface area contributed by atoms with Gasteiger partial charge in [0.2, 0.25) is 5.78 Å². The molecule has 0 amide bonds. The van der Waals surface area contributed by atoms with Gasteiger partial charge in [0.1, 0.15) is 5.76 Å². The predicted octanol–water partition coefficient (Wildman–Crippen LogP) is 1.14. The minimum Gasteiger partial charge on any atom is -0.486 e. The van der Waals surface area contributed by atoms with Crippen molar-refractivity contribution in [1.29, 1.82) is 0 Å². The molecule has 3 heteroatoms. The van der Waals surface area contributed by atoms with Crippen LogP contribution < -0.4 is 0 Å². The molecule has 0 aromatic carbocycles. The summed E-state index contributed by atoms with van der Waals surface area (Å²) in [7, 11) is 0. The summed E-state index contributed by atoms with van der Waals surface area (Å²) < 4.78 is 5.04. The molecule has 1 aliphatic rings. The average Bonchev–Trinajstić information content (AvgIpc) is 1.98. The van der Waals surface area contributed by atoms with Gasteiger partial charge in [0.05, 0.1) is 4.91 Å². The van der Waals surface area contributed by atoms with E-state index in [4.69, 9.17) is 4.74 Å². The summed E-state index contributed by atoms with van der Waals surface area (Å²) in [5.41, 5.74) is 0. The van der Waals surface area contributed by atoms with E-state index in [9.17, 15) is 4.79 Å². The summed E-state index contributed by atoms with van der Waals surface area (Å²) in [6.07, 6.45) is -0.322. The molecule has 2 nitrogen and oxygen atoms in total. The zero-order chi connectivity index (χ0) is 7.02. The number of Topliss-reactive ketones (excluding diaryl/α,β-unsaturated/α-hetero) is 1. The SMILES string of the molecule is CC1=C(S)C(=O)C(C)O1. The topological polar surface area (TPSA) is 26.3 Å². The summed E-state index contributed by atoms with van der Waals surface area (Å²) in [5, 5.41) is 0. The minimum atomic E-state index is -0.322. The molecule has 1 aliphatic heterocycles. The van der Waals surface area contributed by atoms with Crippen LogP contribution in [0, 0.1) is 0 Å². The first-order chi connectivity index (χ1) is 4.13. The van der Waals surface area contributed by atoms with Gasteiger partial charge in [-0.05, 0) is 13.8 Å². The van der Waals surface area contributed by atoms with Crippen molar-refractivity contribution in [3.05, 3.63) is 10.7 Å². The molecule has 0 aromatic heterocycles. The lowest BCUT2D eigenvalue weighted by Gasteiger charge is -2.00. The zero-order valence-corrected chi connectivity index (χ0v) is 6.24. The molecule has 0 bridgehead atoms. The van der Waals surface area contributed by atoms with Gasteiger partial charge in [-0.1, -0.05) is 0 Å². The first-order valence-electron chi connectivity index (χ1n) is 2.73. The van der Waals surface area contributed by atoms with Crippen molar-refractivity contribution in [3.63, 3.8) is 0 Å². The van der Waals surface area contributed by atoms with E-state index in [1.54, 1.807) is 13.8 Å². The molecule has 0 N–H and O–H groups in total. The number of hydrogen-bond acceptors (Lipinski definition) is 3. The van der Waals surface area contributed by atoms with E-state index >= 15 is 0 Å². The fraction of sp³-hybridized carbons (Fsp3) is 0.500. The number of hydrogen-bond donors (Lipinski definition) is 1. The maximum Gasteiger partial charge on any atom is 0.212 e. The molecule has 1 unspecified atom stereocenters. The fourth-order valence-electron chi connectivity index (χ4n) is 0.741. The van der Waals surface area contributed by atoms with Gasteiger partial charge in [0.25, 0.3) is 0 Å². The normalized spacial score (nSPS) is 27.0. The van der Waals surface area contributed by atoms with E-state index in [2.05, 4.69) is 12.6 Å². The van der Waals surface area contributed by atoms with Crippen molar-refractivity contribution in [3.8, 4) is 0 Å². The van der Waals surface area contributed by atoms with Crippen molar-refractivity contribution in [2.45, 2.75) is 20.0 Å². The van der Waals surface area contributed by atoms with Gasteiger partial charge in [-0.2, -0.15) is 0 Å². The Hall–Kier alpha value is -0.440. The number of ether oxygens (including phenoxy) is 1. The predicted molar refractivity (Wildman–Crippen MR) is 37.2 cm³/mol. The maximum atomic E-state index is 10.9. The molecule has 0 radical (unpaired) electrons. The molecule has 50 valence electrons. The van der Waals surface area contributed by atoms with Gasteiger partial charge < -0.3 is 4.74 Å². The molecule has 1 heterocycles. The van der Waals surface area contributed by atoms with Gasteiger partial charge in [0, 0.05) is 0 Å². The van der Waals surface area contributed by atoms with Crippen LogP contribution in [0.1, 0.15) is 13.8 Å². The van der Waals surface area contributed by atoms with Gasteiger partial charge in [-0.3, -0.25) is 4.79 Å². The molecule has 0 saturated heterocycles. The monoisotopic (exact) mass is 144 g/mol. The summed E-state index contributed by atoms with van der Waals surface area (Å²) in [6.45, 7) is 3.46. The molecule has 1 atom stereocenters. The Morgan fingerprint density at radius 1 is 1.67 bits per heavy atom. The fourth-order valence-corrected chi connectivity index (χ4v) is 0.975. The van der Waals surface area contributed by atoms with Crippen molar-refractivity contribution in [2.75, 3.05) is 0 Å². The van der Waals surface area contributed by atoms with Crippen molar-refractivity contribution < 1.29 is 9.53 Å². The quantitative estimate of drug-likeness (QED) is 0.516. The summed E-state index contributed by atoms with van der Waals surface area (Å²) in [4.78, 5) is 11.3. The van der Waals surface area contributed by atoms with Crippen LogP contribution in [0.5, 0.6) is 0 Å². The van der Waals surface area contributed by atoms with E-state index < -0.39 is 0 Å². The van der Waals surface area contributed by atoms with E-state index in [0.29, 0.717) is 10.7 Å². The highest BCUT2D eigenvalue weighted by Gasteiger charge is 2.26. The zero-order valence-electron chi connectivity index (χ0n) is 5.34. The van der Waals surface area contributed by atoms with Crippen LogP contribution >= 0.6 is 12.6 Å². The van der Waals surface area contributed by atoms with Gasteiger partial charge in [-0.25, -0.2) is 0 Å². The lowest BCUT2D eigenvalue weighted by molar-refractivity contribution is -0.120. The molecule has 0 spiro atoms. The Bertz CT molecular complexity index is 183. The Morgan fingerprint density at radius 3 is 2.33 bits per heavy atom. The molecule has 9 heavy (non-hydrogen) atoms. The highest BCUT2D eigenvalue weighted by Crippen LogP contribution is 2.22. The lowest BCUT2D eigenvalue weighted by atomic mass is 10.3. The molecule has 0 aliphatic carbocycles. The number of thiol groups is 1. The number of carbonyl (C=O) groups excluding carboxylic acids is 1. The number of allylic oxidation sites excluding steroid dienone is 1. The second-order valence-electron chi connectivity index (χ2n) is 2.03. The minimum absolute atomic E-state index is 0.0177. The second kappa shape index (κ2) is 2.06. The average molecular weight is 144 g/mol. The smallest absolute Gasteiger partial charge is 0.212 e. The van der Waals surface area contributed by atoms with Crippen LogP contribution in [0.3, 0.4) is 0 Å². The van der Waals surface area contributed by atoms with Crippen LogP contribution in [0.2, 0.25) is 0 Å². The van der Waals surface area contributed by atoms with Crippen molar-refractivity contribution >= 4 is 18.4 Å². The number of rotatable bonds is 0. The Morgan fingerprint density at radius 2 is 2.22 bits per heavy atom. The maximum absolute atomic E-state index is 10.9. The molecule has 0 fully saturated rings. The number of carbonyl (C=O) groups is 1. The molecular formula is C6H8O2S. The van der Waals surface area contributed by atoms with Crippen LogP contribution in [-0.2, 0) is 9.53 Å². The van der Waals surface area contributed by atoms with Crippen LogP contribution in [0.25, 0.3) is 0 Å². The van der Waals surface area contributed by atoms with Gasteiger partial charge in [-0.15, -0.1) is 12.6 Å². The molecule has 0 saturated carbocycles. The second-order valence-corrected chi connectivity index (χ2v) is 2.48. The highest BCUT2D eigenvalue weighted by molar-refractivity contribution is 7.85. The highest BCUT2D eigenvalue weighted by atomic mass is 32.1. The first kappa shape index (κ1) is 6.68. The van der Waals surface area contributed by atoms with Gasteiger partial charge in [0.15, 0.2) is 6.10 Å². The lowest BCUT2D eigenvalue weighted by Crippen LogP contribution is -2.11. The van der Waals surface area contributed by atoms with Crippen LogP contribution in [0.4, 0.5) is 0 Å². The van der Waals surface area contributed by atoms with Crippen LogP contribution in [0.15, 0.2) is 10.7 Å². The van der Waals surface area contributed by atoms with Gasteiger partial charge >= 0.3 is 0 Å². The third-order valence-corrected chi connectivity index (χ3v) is 1.82. The Labute approximate surface area is 59.3 Å². The third-order valence-electron chi connectivity index (χ3n) is 1.29. The third kappa shape index (κ3) is 0.965. The van der Waals surface area contributed by atoms with E-state index in [-0.39, 0.29) is 11.9 Å².